The van der Waals surface area contributed by atoms with E-state index in [-0.39, 0.29) is 17.9 Å². The van der Waals surface area contributed by atoms with Crippen LogP contribution in [0.5, 0.6) is 5.75 Å². The van der Waals surface area contributed by atoms with Crippen molar-refractivity contribution in [1.29, 1.82) is 0 Å². The van der Waals surface area contributed by atoms with Crippen LogP contribution in [-0.4, -0.2) is 24.1 Å². The summed E-state index contributed by atoms with van der Waals surface area (Å²) in [6, 6.07) is 4.66. The zero-order chi connectivity index (χ0) is 16.9. The van der Waals surface area contributed by atoms with Gasteiger partial charge in [0.15, 0.2) is 11.6 Å². The number of hydrogen-bond acceptors (Lipinski definition) is 3. The van der Waals surface area contributed by atoms with Crippen LogP contribution in [-0.2, 0) is 16.1 Å². The number of amides is 1. The minimum Gasteiger partial charge on any atom is -0.494 e. The lowest BCUT2D eigenvalue weighted by atomic mass is 9.79. The lowest BCUT2D eigenvalue weighted by Gasteiger charge is -2.26. The molecule has 1 aromatic rings. The fraction of sp³-hybridized carbons (Fsp3) is 0.529. The number of rotatable bonds is 5. The van der Waals surface area contributed by atoms with Gasteiger partial charge in [0.1, 0.15) is 5.41 Å². The van der Waals surface area contributed by atoms with E-state index >= 15 is 0 Å². The van der Waals surface area contributed by atoms with E-state index in [1.165, 1.54) is 13.2 Å². The summed E-state index contributed by atoms with van der Waals surface area (Å²) in [5, 5.41) is 12.2. The molecular formula is C17H22FNO4. The Morgan fingerprint density at radius 2 is 1.91 bits per heavy atom. The number of halogens is 1. The summed E-state index contributed by atoms with van der Waals surface area (Å²) in [5.41, 5.74) is -1.13. The van der Waals surface area contributed by atoms with Gasteiger partial charge in [-0.25, -0.2) is 4.39 Å². The number of hydrogen-bond donors (Lipinski definition) is 2. The molecule has 0 bridgehead atoms. The van der Waals surface area contributed by atoms with Gasteiger partial charge >= 0.3 is 5.97 Å². The fourth-order valence-corrected chi connectivity index (χ4v) is 3.07. The third-order valence-corrected chi connectivity index (χ3v) is 4.50. The number of ether oxygens (including phenoxy) is 1. The van der Waals surface area contributed by atoms with Gasteiger partial charge in [-0.15, -0.1) is 0 Å². The molecule has 5 nitrogen and oxygen atoms in total. The second kappa shape index (κ2) is 7.44. The highest BCUT2D eigenvalue weighted by molar-refractivity contribution is 6.01. The monoisotopic (exact) mass is 323 g/mol. The maximum atomic E-state index is 14.1. The summed E-state index contributed by atoms with van der Waals surface area (Å²) in [7, 11) is 1.37. The first-order chi connectivity index (χ1) is 11.0. The van der Waals surface area contributed by atoms with Gasteiger partial charge in [-0.2, -0.15) is 0 Å². The van der Waals surface area contributed by atoms with Gasteiger partial charge in [0.2, 0.25) is 5.91 Å². The largest absolute Gasteiger partial charge is 0.494 e. The third-order valence-electron chi connectivity index (χ3n) is 4.50. The van der Waals surface area contributed by atoms with E-state index < -0.39 is 23.1 Å². The van der Waals surface area contributed by atoms with Crippen LogP contribution >= 0.6 is 0 Å². The van der Waals surface area contributed by atoms with E-state index in [2.05, 4.69) is 5.32 Å². The zero-order valence-electron chi connectivity index (χ0n) is 13.2. The predicted octanol–water partition coefficient (Wildman–Crippen LogP) is 2.88. The van der Waals surface area contributed by atoms with Gasteiger partial charge in [-0.3, -0.25) is 9.59 Å². The highest BCUT2D eigenvalue weighted by Crippen LogP contribution is 2.36. The van der Waals surface area contributed by atoms with Gasteiger partial charge in [0.25, 0.3) is 0 Å². The number of benzene rings is 1. The van der Waals surface area contributed by atoms with E-state index in [0.29, 0.717) is 25.7 Å². The van der Waals surface area contributed by atoms with Crippen LogP contribution in [0.2, 0.25) is 0 Å². The first-order valence-electron chi connectivity index (χ1n) is 7.84. The van der Waals surface area contributed by atoms with Crippen LogP contribution in [0.15, 0.2) is 18.2 Å². The Hall–Kier alpha value is -2.11. The quantitative estimate of drug-likeness (QED) is 0.645. The summed E-state index contributed by atoms with van der Waals surface area (Å²) in [5.74, 6) is -2.07. The topological polar surface area (TPSA) is 75.6 Å². The molecule has 0 spiro atoms. The molecule has 1 aliphatic rings. The van der Waals surface area contributed by atoms with Gasteiger partial charge in [-0.1, -0.05) is 37.8 Å². The molecule has 0 aliphatic heterocycles. The molecule has 2 rings (SSSR count). The van der Waals surface area contributed by atoms with Crippen molar-refractivity contribution >= 4 is 11.9 Å². The van der Waals surface area contributed by atoms with Gasteiger partial charge in [0, 0.05) is 12.1 Å². The smallest absolute Gasteiger partial charge is 0.319 e. The molecule has 2 N–H and O–H groups in total. The van der Waals surface area contributed by atoms with Crippen LogP contribution in [0, 0.1) is 11.2 Å². The minimum atomic E-state index is -1.40. The van der Waals surface area contributed by atoms with Crippen molar-refractivity contribution in [3.63, 3.8) is 0 Å². The Kier molecular flexibility index (Phi) is 5.58. The van der Waals surface area contributed by atoms with Crippen LogP contribution < -0.4 is 10.1 Å². The summed E-state index contributed by atoms with van der Waals surface area (Å²) in [6.45, 7) is -0.0586. The molecule has 23 heavy (non-hydrogen) atoms. The first-order valence-corrected chi connectivity index (χ1v) is 7.84. The molecule has 1 fully saturated rings. The number of nitrogens with one attached hydrogen (secondary N) is 1. The SMILES string of the molecule is COc1cccc(CNC(=O)C2(C(=O)O)CCCCCC2)c1F. The predicted molar refractivity (Wildman–Crippen MR) is 82.6 cm³/mol. The average molecular weight is 323 g/mol. The van der Waals surface area contributed by atoms with Gasteiger partial charge in [-0.05, 0) is 18.9 Å². The Morgan fingerprint density at radius 1 is 1.26 bits per heavy atom. The maximum Gasteiger partial charge on any atom is 0.319 e. The van der Waals surface area contributed by atoms with Crippen molar-refractivity contribution in [3.8, 4) is 5.75 Å². The van der Waals surface area contributed by atoms with Crippen molar-refractivity contribution in [3.05, 3.63) is 29.6 Å². The number of carbonyl (C=O) groups excluding carboxylic acids is 1. The number of carboxylic acid groups (broad SMARTS) is 1. The first kappa shape index (κ1) is 17.2. The number of carbonyl (C=O) groups is 2. The molecule has 1 saturated carbocycles. The number of methoxy groups -OCH3 is 1. The number of carboxylic acids is 1. The summed E-state index contributed by atoms with van der Waals surface area (Å²) < 4.78 is 19.0. The van der Waals surface area contributed by atoms with Crippen LogP contribution in [0.1, 0.15) is 44.1 Å². The summed E-state index contributed by atoms with van der Waals surface area (Å²) in [6.07, 6.45) is 3.96. The van der Waals surface area contributed by atoms with E-state index in [4.69, 9.17) is 4.74 Å². The molecule has 0 saturated heterocycles. The molecular weight excluding hydrogens is 301 g/mol. The van der Waals surface area contributed by atoms with E-state index in [1.807, 2.05) is 0 Å². The van der Waals surface area contributed by atoms with Crippen LogP contribution in [0.4, 0.5) is 4.39 Å². The minimum absolute atomic E-state index is 0.0586. The Labute approximate surface area is 134 Å². The van der Waals surface area contributed by atoms with Crippen molar-refractivity contribution < 1.29 is 23.8 Å². The molecule has 126 valence electrons. The van der Waals surface area contributed by atoms with Crippen molar-refractivity contribution in [2.75, 3.05) is 7.11 Å². The summed E-state index contributed by atoms with van der Waals surface area (Å²) in [4.78, 5) is 24.2. The molecule has 0 radical (unpaired) electrons. The van der Waals surface area contributed by atoms with E-state index in [1.54, 1.807) is 12.1 Å². The molecule has 0 aromatic heterocycles. The number of aliphatic carboxylic acids is 1. The second-order valence-electron chi connectivity index (χ2n) is 5.92. The molecule has 0 atom stereocenters. The lowest BCUT2D eigenvalue weighted by molar-refractivity contribution is -0.157. The van der Waals surface area contributed by atoms with E-state index in [0.717, 1.165) is 12.8 Å². The van der Waals surface area contributed by atoms with E-state index in [9.17, 15) is 19.1 Å². The van der Waals surface area contributed by atoms with Crippen molar-refractivity contribution in [1.82, 2.24) is 5.32 Å². The molecule has 1 aliphatic carbocycles. The Morgan fingerprint density at radius 3 is 2.48 bits per heavy atom. The zero-order valence-corrected chi connectivity index (χ0v) is 13.2. The highest BCUT2D eigenvalue weighted by atomic mass is 19.1. The third kappa shape index (κ3) is 3.63. The molecule has 1 amide bonds. The summed E-state index contributed by atoms with van der Waals surface area (Å²) >= 11 is 0. The second-order valence-corrected chi connectivity index (χ2v) is 5.92. The van der Waals surface area contributed by atoms with Crippen molar-refractivity contribution in [2.24, 2.45) is 5.41 Å². The maximum absolute atomic E-state index is 14.1. The Bertz CT molecular complexity index is 580. The fourth-order valence-electron chi connectivity index (χ4n) is 3.07. The molecule has 0 unspecified atom stereocenters. The molecule has 0 heterocycles. The van der Waals surface area contributed by atoms with Crippen molar-refractivity contribution in [2.45, 2.75) is 45.1 Å². The Balaban J connectivity index is 2.12. The standard InChI is InChI=1S/C17H22FNO4/c1-23-13-8-6-7-12(14(13)18)11-19-15(20)17(16(21)22)9-4-2-3-5-10-17/h6-8H,2-5,9-11H2,1H3,(H,19,20)(H,21,22). The van der Waals surface area contributed by atoms with Gasteiger partial charge in [0.05, 0.1) is 7.11 Å². The normalized spacial score (nSPS) is 17.1. The molecule has 1 aromatic carbocycles. The highest BCUT2D eigenvalue weighted by Gasteiger charge is 2.45. The van der Waals surface area contributed by atoms with Crippen LogP contribution in [0.3, 0.4) is 0 Å². The molecule has 6 heteroatoms. The lowest BCUT2D eigenvalue weighted by Crippen LogP contribution is -2.46. The van der Waals surface area contributed by atoms with Gasteiger partial charge < -0.3 is 15.2 Å². The van der Waals surface area contributed by atoms with Crippen LogP contribution in [0.25, 0.3) is 0 Å². The average Bonchev–Trinajstić information content (AvgIpc) is 2.80.